The van der Waals surface area contributed by atoms with Gasteiger partial charge < -0.3 is 14.8 Å². The number of carbonyl (C=O) groups excluding carboxylic acids is 1. The van der Waals surface area contributed by atoms with Crippen molar-refractivity contribution in [3.05, 3.63) is 44.7 Å². The molecule has 2 saturated heterocycles. The van der Waals surface area contributed by atoms with Crippen LogP contribution in [0.15, 0.2) is 28.0 Å². The molecule has 9 nitrogen and oxygen atoms in total. The normalized spacial score (nSPS) is 18.4. The maximum atomic E-state index is 13.5. The fraction of sp³-hybridized carbons (Fsp3) is 0.478. The lowest BCUT2D eigenvalue weighted by atomic mass is 10.2. The number of morpholine rings is 1. The molecule has 11 heteroatoms. The minimum atomic E-state index is -0.229. The standard InChI is InChI=1S/C23H29N5O4S2/c1-16-5-3-7-27-20(16)25-19(24-6-9-26-10-13-32-14-11-26)17(21(27)29)15-18-22(30)28(23(33)34-18)8-4-12-31-2/h3,5,7,15,24H,4,6,8-14H2,1-2H3. The van der Waals surface area contributed by atoms with Crippen molar-refractivity contribution in [2.24, 2.45) is 0 Å². The molecule has 1 N–H and O–H groups in total. The van der Waals surface area contributed by atoms with Gasteiger partial charge in [-0.3, -0.25) is 23.8 Å². The van der Waals surface area contributed by atoms with Crippen LogP contribution in [-0.2, 0) is 14.3 Å². The summed E-state index contributed by atoms with van der Waals surface area (Å²) in [5.74, 6) is 0.274. The largest absolute Gasteiger partial charge is 0.385 e. The zero-order chi connectivity index (χ0) is 24.1. The Hall–Kier alpha value is -2.31. The van der Waals surface area contributed by atoms with E-state index in [9.17, 15) is 9.59 Å². The number of methoxy groups -OCH3 is 1. The first-order valence-electron chi connectivity index (χ1n) is 11.3. The molecule has 2 aromatic heterocycles. The van der Waals surface area contributed by atoms with E-state index in [1.807, 2.05) is 19.1 Å². The number of thiocarbonyl (C=S) groups is 1. The first-order valence-corrected chi connectivity index (χ1v) is 12.5. The molecule has 2 aliphatic rings. The SMILES string of the molecule is COCCCN1C(=O)C(=Cc2c(NCCN3CCOCC3)nc3c(C)cccn3c2=O)SC1=S. The Labute approximate surface area is 208 Å². The molecular formula is C23H29N5O4S2. The van der Waals surface area contributed by atoms with Crippen LogP contribution < -0.4 is 10.9 Å². The van der Waals surface area contributed by atoms with E-state index < -0.39 is 0 Å². The summed E-state index contributed by atoms with van der Waals surface area (Å²) in [7, 11) is 1.62. The highest BCUT2D eigenvalue weighted by molar-refractivity contribution is 8.26. The summed E-state index contributed by atoms with van der Waals surface area (Å²) in [6.07, 6.45) is 4.00. The molecule has 0 radical (unpaired) electrons. The van der Waals surface area contributed by atoms with Crippen LogP contribution in [0.2, 0.25) is 0 Å². The monoisotopic (exact) mass is 503 g/mol. The Bertz CT molecular complexity index is 1160. The zero-order valence-electron chi connectivity index (χ0n) is 19.4. The van der Waals surface area contributed by atoms with Crippen LogP contribution in [0.25, 0.3) is 11.7 Å². The highest BCUT2D eigenvalue weighted by Gasteiger charge is 2.32. The molecule has 2 fully saturated rings. The number of aromatic nitrogens is 2. The third-order valence-corrected chi connectivity index (χ3v) is 7.17. The molecule has 0 saturated carbocycles. The van der Waals surface area contributed by atoms with Gasteiger partial charge in [-0.15, -0.1) is 0 Å². The minimum absolute atomic E-state index is 0.195. The summed E-state index contributed by atoms with van der Waals surface area (Å²) in [6, 6.07) is 3.74. The number of nitrogens with one attached hydrogen (secondary N) is 1. The smallest absolute Gasteiger partial charge is 0.267 e. The fourth-order valence-corrected chi connectivity index (χ4v) is 5.21. The first kappa shape index (κ1) is 24.8. The Kier molecular flexibility index (Phi) is 8.32. The van der Waals surface area contributed by atoms with Crippen molar-refractivity contribution in [3.8, 4) is 0 Å². The second-order valence-electron chi connectivity index (χ2n) is 8.12. The van der Waals surface area contributed by atoms with Crippen LogP contribution in [0.4, 0.5) is 5.82 Å². The van der Waals surface area contributed by atoms with Gasteiger partial charge in [-0.05, 0) is 31.1 Å². The number of carbonyl (C=O) groups is 1. The van der Waals surface area contributed by atoms with Crippen LogP contribution >= 0.6 is 24.0 Å². The number of rotatable bonds is 9. The topological polar surface area (TPSA) is 88.4 Å². The number of ether oxygens (including phenoxy) is 2. The second kappa shape index (κ2) is 11.4. The highest BCUT2D eigenvalue weighted by Crippen LogP contribution is 2.33. The third kappa shape index (κ3) is 5.49. The van der Waals surface area contributed by atoms with Crippen molar-refractivity contribution in [1.29, 1.82) is 0 Å². The van der Waals surface area contributed by atoms with E-state index in [0.29, 0.717) is 52.4 Å². The molecular weight excluding hydrogens is 474 g/mol. The van der Waals surface area contributed by atoms with E-state index in [0.717, 1.165) is 38.4 Å². The molecule has 0 aliphatic carbocycles. The third-order valence-electron chi connectivity index (χ3n) is 5.79. The predicted octanol–water partition coefficient (Wildman–Crippen LogP) is 1.98. The maximum Gasteiger partial charge on any atom is 0.267 e. The molecule has 2 aliphatic heterocycles. The molecule has 0 spiro atoms. The van der Waals surface area contributed by atoms with Crippen molar-refractivity contribution in [1.82, 2.24) is 19.2 Å². The molecule has 0 atom stereocenters. The average molecular weight is 504 g/mol. The molecule has 0 unspecified atom stereocenters. The van der Waals surface area contributed by atoms with E-state index >= 15 is 0 Å². The summed E-state index contributed by atoms with van der Waals surface area (Å²) in [4.78, 5) is 35.5. The summed E-state index contributed by atoms with van der Waals surface area (Å²) in [5.41, 5.74) is 1.60. The predicted molar refractivity (Wildman–Crippen MR) is 138 cm³/mol. The zero-order valence-corrected chi connectivity index (χ0v) is 21.0. The van der Waals surface area contributed by atoms with E-state index in [2.05, 4.69) is 10.2 Å². The fourth-order valence-electron chi connectivity index (χ4n) is 3.92. The Morgan fingerprint density at radius 1 is 1.29 bits per heavy atom. The van der Waals surface area contributed by atoms with Gasteiger partial charge in [-0.25, -0.2) is 4.98 Å². The van der Waals surface area contributed by atoms with Gasteiger partial charge in [0.05, 0.1) is 23.7 Å². The van der Waals surface area contributed by atoms with Crippen molar-refractivity contribution in [2.75, 3.05) is 65.0 Å². The van der Waals surface area contributed by atoms with Gasteiger partial charge in [0.15, 0.2) is 0 Å². The van der Waals surface area contributed by atoms with Crippen molar-refractivity contribution < 1.29 is 14.3 Å². The van der Waals surface area contributed by atoms with Gasteiger partial charge in [0, 0.05) is 52.6 Å². The molecule has 4 heterocycles. The Balaban J connectivity index is 1.64. The number of thioether (sulfide) groups is 1. The van der Waals surface area contributed by atoms with Crippen LogP contribution in [0.3, 0.4) is 0 Å². The molecule has 0 bridgehead atoms. The minimum Gasteiger partial charge on any atom is -0.385 e. The average Bonchev–Trinajstić information content (AvgIpc) is 3.10. The summed E-state index contributed by atoms with van der Waals surface area (Å²) in [5, 5.41) is 3.34. The van der Waals surface area contributed by atoms with E-state index in [1.165, 1.54) is 16.2 Å². The number of nitrogens with zero attached hydrogens (tertiary/aromatic N) is 4. The molecule has 34 heavy (non-hydrogen) atoms. The maximum absolute atomic E-state index is 13.5. The van der Waals surface area contributed by atoms with Gasteiger partial charge >= 0.3 is 0 Å². The molecule has 2 aromatic rings. The van der Waals surface area contributed by atoms with E-state index in [-0.39, 0.29) is 11.5 Å². The van der Waals surface area contributed by atoms with Crippen LogP contribution in [0.5, 0.6) is 0 Å². The molecule has 4 rings (SSSR count). The summed E-state index contributed by atoms with van der Waals surface area (Å²) >= 11 is 6.63. The summed E-state index contributed by atoms with van der Waals surface area (Å²) in [6.45, 7) is 7.59. The van der Waals surface area contributed by atoms with Crippen molar-refractivity contribution in [2.45, 2.75) is 13.3 Å². The van der Waals surface area contributed by atoms with Gasteiger partial charge in [0.1, 0.15) is 15.8 Å². The van der Waals surface area contributed by atoms with Gasteiger partial charge in [0.25, 0.3) is 11.5 Å². The number of aryl methyl sites for hydroxylation is 1. The van der Waals surface area contributed by atoms with Crippen molar-refractivity contribution in [3.63, 3.8) is 0 Å². The number of hydrogen-bond acceptors (Lipinski definition) is 9. The lowest BCUT2D eigenvalue weighted by molar-refractivity contribution is -0.122. The Morgan fingerprint density at radius 3 is 2.85 bits per heavy atom. The lowest BCUT2D eigenvalue weighted by Gasteiger charge is -2.26. The van der Waals surface area contributed by atoms with Gasteiger partial charge in [-0.1, -0.05) is 30.0 Å². The Morgan fingerprint density at radius 2 is 2.09 bits per heavy atom. The van der Waals surface area contributed by atoms with Gasteiger partial charge in [-0.2, -0.15) is 0 Å². The van der Waals surface area contributed by atoms with E-state index in [4.69, 9.17) is 26.7 Å². The molecule has 1 amide bonds. The quantitative estimate of drug-likeness (QED) is 0.314. The highest BCUT2D eigenvalue weighted by atomic mass is 32.2. The molecule has 0 aromatic carbocycles. The summed E-state index contributed by atoms with van der Waals surface area (Å²) < 4.78 is 12.5. The number of hydrogen-bond donors (Lipinski definition) is 1. The van der Waals surface area contributed by atoms with Crippen molar-refractivity contribution >= 4 is 51.7 Å². The van der Waals surface area contributed by atoms with Crippen LogP contribution in [0.1, 0.15) is 17.5 Å². The molecule has 182 valence electrons. The number of pyridine rings is 1. The van der Waals surface area contributed by atoms with Crippen LogP contribution in [0, 0.1) is 6.92 Å². The second-order valence-corrected chi connectivity index (χ2v) is 9.80. The first-order chi connectivity index (χ1) is 16.5. The number of fused-ring (bicyclic) bond motifs is 1. The van der Waals surface area contributed by atoms with Crippen LogP contribution in [-0.4, -0.2) is 89.1 Å². The number of anilines is 1. The van der Waals surface area contributed by atoms with E-state index in [1.54, 1.807) is 24.3 Å². The lowest BCUT2D eigenvalue weighted by Crippen LogP contribution is -2.39. The van der Waals surface area contributed by atoms with Gasteiger partial charge in [0.2, 0.25) is 0 Å². The number of amides is 1.